The van der Waals surface area contributed by atoms with Gasteiger partial charge in [0.1, 0.15) is 0 Å². The molecule has 3 rings (SSSR count). The molecule has 0 radical (unpaired) electrons. The van der Waals surface area contributed by atoms with Crippen LogP contribution in [0, 0.1) is 11.8 Å². The largest absolute Gasteiger partial charge is 0.341 e. The van der Waals surface area contributed by atoms with Gasteiger partial charge >= 0.3 is 0 Å². The van der Waals surface area contributed by atoms with Crippen molar-refractivity contribution in [3.05, 3.63) is 35.9 Å². The Morgan fingerprint density at radius 2 is 1.95 bits per heavy atom. The summed E-state index contributed by atoms with van der Waals surface area (Å²) in [6.45, 7) is 8.94. The Hall–Kier alpha value is -1.39. The third-order valence-electron chi connectivity index (χ3n) is 5.06. The highest BCUT2D eigenvalue weighted by atomic mass is 16.2. The lowest BCUT2D eigenvalue weighted by molar-refractivity contribution is -0.137. The van der Waals surface area contributed by atoms with E-state index < -0.39 is 0 Å². The van der Waals surface area contributed by atoms with Crippen LogP contribution in [0.25, 0.3) is 0 Å². The number of hydrogen-bond acceptors (Lipinski definition) is 3. The van der Waals surface area contributed by atoms with Crippen LogP contribution < -0.4 is 5.32 Å². The molecule has 120 valence electrons. The van der Waals surface area contributed by atoms with Crippen LogP contribution in [0.2, 0.25) is 0 Å². The van der Waals surface area contributed by atoms with Crippen molar-refractivity contribution >= 4 is 5.91 Å². The third kappa shape index (κ3) is 3.68. The first-order chi connectivity index (χ1) is 10.7. The lowest BCUT2D eigenvalue weighted by Crippen LogP contribution is -2.50. The lowest BCUT2D eigenvalue weighted by Gasteiger charge is -2.34. The van der Waals surface area contributed by atoms with Gasteiger partial charge < -0.3 is 10.2 Å². The number of amides is 1. The Morgan fingerprint density at radius 3 is 2.64 bits per heavy atom. The highest BCUT2D eigenvalue weighted by Gasteiger charge is 2.32. The van der Waals surface area contributed by atoms with E-state index in [9.17, 15) is 4.79 Å². The molecule has 2 aliphatic rings. The standard InChI is InChI=1S/C18H27N3O/c1-15(17-12-19-13-17)18(22)21-9-5-8-20(10-11-21)14-16-6-3-2-4-7-16/h2-4,6-7,15,17,19H,5,8-14H2,1H3. The zero-order valence-electron chi connectivity index (χ0n) is 13.5. The van der Waals surface area contributed by atoms with E-state index in [4.69, 9.17) is 0 Å². The molecule has 4 nitrogen and oxygen atoms in total. The lowest BCUT2D eigenvalue weighted by atomic mass is 9.88. The summed E-state index contributed by atoms with van der Waals surface area (Å²) in [6, 6.07) is 10.6. The minimum absolute atomic E-state index is 0.168. The van der Waals surface area contributed by atoms with E-state index >= 15 is 0 Å². The van der Waals surface area contributed by atoms with Gasteiger partial charge in [0, 0.05) is 38.6 Å². The zero-order chi connectivity index (χ0) is 15.4. The highest BCUT2D eigenvalue weighted by molar-refractivity contribution is 5.79. The van der Waals surface area contributed by atoms with E-state index in [0.29, 0.717) is 11.8 Å². The maximum Gasteiger partial charge on any atom is 0.225 e. The molecule has 0 aromatic heterocycles. The topological polar surface area (TPSA) is 35.6 Å². The summed E-state index contributed by atoms with van der Waals surface area (Å²) in [6.07, 6.45) is 1.08. The van der Waals surface area contributed by atoms with E-state index in [1.54, 1.807) is 0 Å². The first kappa shape index (κ1) is 15.5. The van der Waals surface area contributed by atoms with Crippen LogP contribution in [0.15, 0.2) is 30.3 Å². The second kappa shape index (κ2) is 7.25. The molecule has 0 aliphatic carbocycles. The van der Waals surface area contributed by atoms with Crippen molar-refractivity contribution < 1.29 is 4.79 Å². The van der Waals surface area contributed by atoms with Gasteiger partial charge in [0.15, 0.2) is 0 Å². The molecule has 2 heterocycles. The van der Waals surface area contributed by atoms with E-state index in [2.05, 4.69) is 52.4 Å². The van der Waals surface area contributed by atoms with Gasteiger partial charge in [-0.3, -0.25) is 9.69 Å². The summed E-state index contributed by atoms with van der Waals surface area (Å²) in [5.74, 6) is 1.06. The molecular weight excluding hydrogens is 274 g/mol. The molecule has 1 aromatic carbocycles. The normalized spacial score (nSPS) is 22.0. The Kier molecular flexibility index (Phi) is 5.11. The van der Waals surface area contributed by atoms with Crippen LogP contribution in [-0.4, -0.2) is 55.0 Å². The summed E-state index contributed by atoms with van der Waals surface area (Å²) < 4.78 is 0. The smallest absolute Gasteiger partial charge is 0.225 e. The molecule has 22 heavy (non-hydrogen) atoms. The number of hydrogen-bond donors (Lipinski definition) is 1. The minimum atomic E-state index is 0.168. The van der Waals surface area contributed by atoms with E-state index in [0.717, 1.165) is 52.2 Å². The number of nitrogens with zero attached hydrogens (tertiary/aromatic N) is 2. The molecule has 1 aromatic rings. The van der Waals surface area contributed by atoms with Gasteiger partial charge in [0.25, 0.3) is 0 Å². The van der Waals surface area contributed by atoms with Crippen LogP contribution >= 0.6 is 0 Å². The fourth-order valence-corrected chi connectivity index (χ4v) is 3.35. The minimum Gasteiger partial charge on any atom is -0.341 e. The number of nitrogens with one attached hydrogen (secondary N) is 1. The van der Waals surface area contributed by atoms with E-state index in [1.165, 1.54) is 5.56 Å². The summed E-state index contributed by atoms with van der Waals surface area (Å²) in [4.78, 5) is 17.2. The van der Waals surface area contributed by atoms with Crippen LogP contribution in [-0.2, 0) is 11.3 Å². The Bertz CT molecular complexity index is 486. The number of carbonyl (C=O) groups is 1. The first-order valence-electron chi connectivity index (χ1n) is 8.50. The SMILES string of the molecule is CC(C(=O)N1CCCN(Cc2ccccc2)CC1)C1CNC1. The first-order valence-corrected chi connectivity index (χ1v) is 8.50. The van der Waals surface area contributed by atoms with Gasteiger partial charge in [-0.2, -0.15) is 0 Å². The zero-order valence-corrected chi connectivity index (χ0v) is 13.5. The Morgan fingerprint density at radius 1 is 1.18 bits per heavy atom. The van der Waals surface area contributed by atoms with Gasteiger partial charge in [-0.1, -0.05) is 37.3 Å². The molecule has 1 unspecified atom stereocenters. The predicted molar refractivity (Wildman–Crippen MR) is 88.4 cm³/mol. The molecule has 0 spiro atoms. The summed E-state index contributed by atoms with van der Waals surface area (Å²) in [5, 5.41) is 3.27. The van der Waals surface area contributed by atoms with Crippen LogP contribution in [0.1, 0.15) is 18.9 Å². The van der Waals surface area contributed by atoms with Crippen molar-refractivity contribution in [2.45, 2.75) is 19.9 Å². The fraction of sp³-hybridized carbons (Fsp3) is 0.611. The molecule has 2 aliphatic heterocycles. The maximum absolute atomic E-state index is 12.6. The number of rotatable bonds is 4. The highest BCUT2D eigenvalue weighted by Crippen LogP contribution is 2.19. The van der Waals surface area contributed by atoms with Crippen LogP contribution in [0.4, 0.5) is 0 Å². The average molecular weight is 301 g/mol. The Labute approximate surface area is 133 Å². The van der Waals surface area contributed by atoms with Crippen molar-refractivity contribution in [1.29, 1.82) is 0 Å². The second-order valence-corrected chi connectivity index (χ2v) is 6.65. The van der Waals surface area contributed by atoms with Crippen LogP contribution in [0.5, 0.6) is 0 Å². The van der Waals surface area contributed by atoms with Gasteiger partial charge in [-0.25, -0.2) is 0 Å². The Balaban J connectivity index is 1.52. The van der Waals surface area contributed by atoms with E-state index in [-0.39, 0.29) is 5.92 Å². The molecular formula is C18H27N3O. The van der Waals surface area contributed by atoms with Crippen molar-refractivity contribution in [2.75, 3.05) is 39.3 Å². The quantitative estimate of drug-likeness (QED) is 0.917. The summed E-state index contributed by atoms with van der Waals surface area (Å²) in [5.41, 5.74) is 1.36. The van der Waals surface area contributed by atoms with Crippen molar-refractivity contribution in [3.8, 4) is 0 Å². The van der Waals surface area contributed by atoms with Gasteiger partial charge in [-0.15, -0.1) is 0 Å². The third-order valence-corrected chi connectivity index (χ3v) is 5.06. The molecule has 4 heteroatoms. The number of carbonyl (C=O) groups excluding carboxylic acids is 1. The van der Waals surface area contributed by atoms with E-state index in [1.807, 2.05) is 0 Å². The molecule has 0 bridgehead atoms. The van der Waals surface area contributed by atoms with Gasteiger partial charge in [0.2, 0.25) is 5.91 Å². The summed E-state index contributed by atoms with van der Waals surface area (Å²) >= 11 is 0. The van der Waals surface area contributed by atoms with Crippen molar-refractivity contribution in [2.24, 2.45) is 11.8 Å². The predicted octanol–water partition coefficient (Wildman–Crippen LogP) is 1.58. The molecule has 1 atom stereocenters. The molecule has 1 amide bonds. The molecule has 0 saturated carbocycles. The monoisotopic (exact) mass is 301 g/mol. The molecule has 1 N–H and O–H groups in total. The maximum atomic E-state index is 12.6. The van der Waals surface area contributed by atoms with Gasteiger partial charge in [0.05, 0.1) is 0 Å². The van der Waals surface area contributed by atoms with Crippen molar-refractivity contribution in [3.63, 3.8) is 0 Å². The van der Waals surface area contributed by atoms with Crippen molar-refractivity contribution in [1.82, 2.24) is 15.1 Å². The fourth-order valence-electron chi connectivity index (χ4n) is 3.35. The molecule has 2 fully saturated rings. The second-order valence-electron chi connectivity index (χ2n) is 6.65. The van der Waals surface area contributed by atoms with Gasteiger partial charge in [-0.05, 0) is 31.0 Å². The molecule has 2 saturated heterocycles. The average Bonchev–Trinajstić information content (AvgIpc) is 2.71. The summed E-state index contributed by atoms with van der Waals surface area (Å²) in [7, 11) is 0. The number of benzene rings is 1. The van der Waals surface area contributed by atoms with Crippen LogP contribution in [0.3, 0.4) is 0 Å².